The average Bonchev–Trinajstić information content (AvgIpc) is 3.73. The molecule has 4 heterocycles. The lowest BCUT2D eigenvalue weighted by atomic mass is 10.0. The van der Waals surface area contributed by atoms with E-state index < -0.39 is 0 Å². The van der Waals surface area contributed by atoms with Gasteiger partial charge in [-0.25, -0.2) is 14.6 Å². The fourth-order valence-corrected chi connectivity index (χ4v) is 7.40. The fourth-order valence-electron chi connectivity index (χ4n) is 7.40. The Morgan fingerprint density at radius 2 is 1.06 bits per heavy atom. The van der Waals surface area contributed by atoms with Gasteiger partial charge in [0, 0.05) is 38.5 Å². The number of hydrogen-bond acceptors (Lipinski definition) is 3. The summed E-state index contributed by atoms with van der Waals surface area (Å²) in [4.78, 5) is 10.4. The van der Waals surface area contributed by atoms with Crippen molar-refractivity contribution < 1.29 is 0 Å². The minimum Gasteiger partial charge on any atom is -0.294 e. The number of para-hydroxylation sites is 3. The quantitative estimate of drug-likeness (QED) is 0.200. The van der Waals surface area contributed by atoms with Gasteiger partial charge < -0.3 is 0 Å². The number of pyridine rings is 1. The van der Waals surface area contributed by atoms with Crippen molar-refractivity contribution in [1.29, 1.82) is 0 Å². The Morgan fingerprint density at radius 1 is 0.489 bits per heavy atom. The lowest BCUT2D eigenvalue weighted by molar-refractivity contribution is 0.854. The van der Waals surface area contributed by atoms with E-state index in [4.69, 9.17) is 15.1 Å². The third-order valence-electron chi connectivity index (χ3n) is 9.21. The molecule has 0 amide bonds. The molecule has 0 fully saturated rings. The summed E-state index contributed by atoms with van der Waals surface area (Å²) < 4.78 is 6.57. The third-order valence-corrected chi connectivity index (χ3v) is 9.21. The molecule has 0 radical (unpaired) electrons. The Hall–Kier alpha value is -6.01. The number of aryl methyl sites for hydroxylation is 4. The Balaban J connectivity index is 1.32. The summed E-state index contributed by atoms with van der Waals surface area (Å²) in [5.74, 6) is 1.55. The van der Waals surface area contributed by atoms with Gasteiger partial charge in [-0.05, 0) is 81.3 Å². The zero-order chi connectivity index (χ0) is 31.8. The largest absolute Gasteiger partial charge is 0.294 e. The van der Waals surface area contributed by atoms with Gasteiger partial charge in [0.15, 0.2) is 5.82 Å². The maximum absolute atomic E-state index is 5.50. The Bertz CT molecular complexity index is 2650. The van der Waals surface area contributed by atoms with Gasteiger partial charge in [0.1, 0.15) is 17.1 Å². The van der Waals surface area contributed by atoms with Crippen LogP contribution in [0, 0.1) is 27.7 Å². The van der Waals surface area contributed by atoms with E-state index >= 15 is 0 Å². The molecule has 47 heavy (non-hydrogen) atoms. The number of hydrogen-bond donors (Lipinski definition) is 0. The topological polar surface area (TPSA) is 53.5 Å². The van der Waals surface area contributed by atoms with Crippen LogP contribution in [0.15, 0.2) is 121 Å². The first-order valence-corrected chi connectivity index (χ1v) is 16.0. The van der Waals surface area contributed by atoms with Crippen LogP contribution in [0.4, 0.5) is 0 Å². The average molecular weight is 609 g/mol. The van der Waals surface area contributed by atoms with E-state index in [1.54, 1.807) is 0 Å². The van der Waals surface area contributed by atoms with Gasteiger partial charge in [0.25, 0.3) is 0 Å². The summed E-state index contributed by atoms with van der Waals surface area (Å²) in [7, 11) is 0. The van der Waals surface area contributed by atoms with Crippen LogP contribution in [0.3, 0.4) is 0 Å². The van der Waals surface area contributed by atoms with Gasteiger partial charge in [-0.1, -0.05) is 84.4 Å². The summed E-state index contributed by atoms with van der Waals surface area (Å²) in [6, 6.07) is 43.0. The lowest BCUT2D eigenvalue weighted by Gasteiger charge is -2.14. The second-order valence-corrected chi connectivity index (χ2v) is 12.5. The Kier molecular flexibility index (Phi) is 5.96. The van der Waals surface area contributed by atoms with E-state index in [-0.39, 0.29) is 0 Å². The monoisotopic (exact) mass is 608 g/mol. The first kappa shape index (κ1) is 27.3. The minimum absolute atomic E-state index is 0.736. The number of fused-ring (bicyclic) bond motifs is 6. The van der Waals surface area contributed by atoms with Crippen molar-refractivity contribution in [3.05, 3.63) is 144 Å². The zero-order valence-corrected chi connectivity index (χ0v) is 26.7. The number of nitrogens with zero attached hydrogens (tertiary/aromatic N) is 6. The number of rotatable bonds is 4. The van der Waals surface area contributed by atoms with Gasteiger partial charge in [0.05, 0.1) is 16.7 Å². The molecule has 0 spiro atoms. The molecule has 0 aliphatic rings. The van der Waals surface area contributed by atoms with Crippen molar-refractivity contribution >= 4 is 43.9 Å². The highest BCUT2D eigenvalue weighted by Crippen LogP contribution is 2.38. The highest BCUT2D eigenvalue weighted by molar-refractivity contribution is 6.16. The molecule has 5 aromatic carbocycles. The Morgan fingerprint density at radius 3 is 1.72 bits per heavy atom. The predicted octanol–water partition coefficient (Wildman–Crippen LogP) is 9.76. The SMILES string of the molecule is Cc1cc(C)c(-n2nc(C)nc2-c2cccc(-n3c4ccccc4c4cc5c6ccccc6n(-c6ccccc6)c5nc43)c2)c(C)c1. The van der Waals surface area contributed by atoms with Gasteiger partial charge in [-0.15, -0.1) is 0 Å². The third kappa shape index (κ3) is 4.15. The first-order valence-electron chi connectivity index (χ1n) is 16.0. The van der Waals surface area contributed by atoms with E-state index in [1.807, 2.05) is 11.6 Å². The molecule has 226 valence electrons. The van der Waals surface area contributed by atoms with Crippen molar-refractivity contribution in [3.63, 3.8) is 0 Å². The van der Waals surface area contributed by atoms with Gasteiger partial charge in [-0.2, -0.15) is 5.10 Å². The van der Waals surface area contributed by atoms with Crippen LogP contribution < -0.4 is 0 Å². The van der Waals surface area contributed by atoms with Crippen molar-refractivity contribution in [3.8, 4) is 28.5 Å². The van der Waals surface area contributed by atoms with Crippen LogP contribution in [-0.2, 0) is 0 Å². The van der Waals surface area contributed by atoms with Crippen LogP contribution in [-0.4, -0.2) is 28.9 Å². The zero-order valence-electron chi connectivity index (χ0n) is 26.7. The van der Waals surface area contributed by atoms with Crippen LogP contribution in [0.5, 0.6) is 0 Å². The van der Waals surface area contributed by atoms with Crippen molar-refractivity contribution in [2.24, 2.45) is 0 Å². The molecule has 0 atom stereocenters. The van der Waals surface area contributed by atoms with Crippen molar-refractivity contribution in [2.45, 2.75) is 27.7 Å². The maximum atomic E-state index is 5.50. The fraction of sp³-hybridized carbons (Fsp3) is 0.0976. The normalized spacial score (nSPS) is 11.8. The highest BCUT2D eigenvalue weighted by Gasteiger charge is 2.21. The second-order valence-electron chi connectivity index (χ2n) is 12.5. The molecule has 0 bridgehead atoms. The molecule has 9 rings (SSSR count). The summed E-state index contributed by atoms with van der Waals surface area (Å²) in [5, 5.41) is 9.50. The molecule has 0 N–H and O–H groups in total. The van der Waals surface area contributed by atoms with Crippen LogP contribution in [0.2, 0.25) is 0 Å². The summed E-state index contributed by atoms with van der Waals surface area (Å²) in [6.45, 7) is 8.38. The smallest absolute Gasteiger partial charge is 0.163 e. The van der Waals surface area contributed by atoms with Crippen LogP contribution in [0.25, 0.3) is 72.3 Å². The molecule has 9 aromatic rings. The molecule has 0 aliphatic heterocycles. The number of benzene rings is 5. The van der Waals surface area contributed by atoms with Crippen molar-refractivity contribution in [2.75, 3.05) is 0 Å². The maximum Gasteiger partial charge on any atom is 0.163 e. The van der Waals surface area contributed by atoms with Gasteiger partial charge >= 0.3 is 0 Å². The molecule has 0 unspecified atom stereocenters. The molecule has 0 saturated carbocycles. The highest BCUT2D eigenvalue weighted by atomic mass is 15.4. The summed E-state index contributed by atoms with van der Waals surface area (Å²) >= 11 is 0. The molecular weight excluding hydrogens is 576 g/mol. The molecule has 6 nitrogen and oxygen atoms in total. The van der Waals surface area contributed by atoms with E-state index in [9.17, 15) is 0 Å². The van der Waals surface area contributed by atoms with E-state index in [2.05, 4.69) is 151 Å². The minimum atomic E-state index is 0.736. The van der Waals surface area contributed by atoms with Crippen LogP contribution in [0.1, 0.15) is 22.5 Å². The second kappa shape index (κ2) is 10.3. The van der Waals surface area contributed by atoms with Gasteiger partial charge in [-0.3, -0.25) is 9.13 Å². The van der Waals surface area contributed by atoms with E-state index in [1.165, 1.54) is 27.5 Å². The molecule has 4 aromatic heterocycles. The molecule has 6 heteroatoms. The Labute approximate surface area is 272 Å². The van der Waals surface area contributed by atoms with Crippen molar-refractivity contribution in [1.82, 2.24) is 28.9 Å². The molecule has 0 saturated heterocycles. The van der Waals surface area contributed by atoms with E-state index in [0.29, 0.717) is 0 Å². The van der Waals surface area contributed by atoms with E-state index in [0.717, 1.165) is 67.4 Å². The lowest BCUT2D eigenvalue weighted by Crippen LogP contribution is -2.05. The molecule has 0 aliphatic carbocycles. The van der Waals surface area contributed by atoms with Gasteiger partial charge in [0.2, 0.25) is 0 Å². The first-order chi connectivity index (χ1) is 23.0. The standard InChI is InChI=1S/C41H32N6/c1-25-21-26(2)38(27(3)22-25)47-39(42-28(4)44-47)29-13-12-16-31(23-29)46-37-20-11-9-18-33(37)35-24-34-32-17-8-10-19-36(32)45(40(34)43-41(35)46)30-14-6-5-7-15-30/h5-24H,1-4H3. The van der Waals surface area contributed by atoms with Crippen LogP contribution >= 0.6 is 0 Å². The summed E-state index contributed by atoms with van der Waals surface area (Å²) in [6.07, 6.45) is 0. The summed E-state index contributed by atoms with van der Waals surface area (Å²) in [5.41, 5.74) is 11.9. The predicted molar refractivity (Wildman–Crippen MR) is 192 cm³/mol. The molecular formula is C41H32N6. The number of aromatic nitrogens is 6.